The lowest BCUT2D eigenvalue weighted by Gasteiger charge is -1.99. The lowest BCUT2D eigenvalue weighted by Crippen LogP contribution is -2.19. The maximum Gasteiger partial charge on any atom is 0.269 e. The molecule has 0 unspecified atom stereocenters. The van der Waals surface area contributed by atoms with E-state index in [-0.39, 0.29) is 23.1 Å². The van der Waals surface area contributed by atoms with Gasteiger partial charge < -0.3 is 0 Å². The number of amides is 2. The zero-order chi connectivity index (χ0) is 20.6. The molecule has 0 spiro atoms. The van der Waals surface area contributed by atoms with Crippen molar-refractivity contribution in [3.63, 3.8) is 0 Å². The van der Waals surface area contributed by atoms with Crippen LogP contribution in [-0.4, -0.2) is 33.1 Å². The second-order valence-corrected chi connectivity index (χ2v) is 6.70. The summed E-state index contributed by atoms with van der Waals surface area (Å²) >= 11 is 1.09. The van der Waals surface area contributed by atoms with Crippen molar-refractivity contribution in [1.82, 2.24) is 15.6 Å². The molecule has 29 heavy (non-hydrogen) atoms. The fourth-order valence-corrected chi connectivity index (χ4v) is 2.91. The van der Waals surface area contributed by atoms with Crippen LogP contribution in [0.25, 0.3) is 0 Å². The fraction of sp³-hybridized carbons (Fsp3) is 0.0556. The van der Waals surface area contributed by atoms with Gasteiger partial charge in [0.05, 0.1) is 17.6 Å². The van der Waals surface area contributed by atoms with Crippen molar-refractivity contribution in [3.8, 4) is 0 Å². The molecule has 11 heteroatoms. The van der Waals surface area contributed by atoms with Gasteiger partial charge in [0, 0.05) is 17.7 Å². The third-order valence-corrected chi connectivity index (χ3v) is 4.38. The molecule has 0 saturated heterocycles. The van der Waals surface area contributed by atoms with Crippen molar-refractivity contribution in [2.45, 2.75) is 6.42 Å². The van der Waals surface area contributed by atoms with Gasteiger partial charge in [0.15, 0.2) is 0 Å². The molecular weight excluding hydrogens is 396 g/mol. The topological polar surface area (TPSA) is 139 Å². The first-order valence-electron chi connectivity index (χ1n) is 8.26. The summed E-state index contributed by atoms with van der Waals surface area (Å²) < 4.78 is 0. The van der Waals surface area contributed by atoms with Crippen LogP contribution < -0.4 is 10.7 Å². The van der Waals surface area contributed by atoms with Crippen molar-refractivity contribution in [1.29, 1.82) is 0 Å². The highest BCUT2D eigenvalue weighted by molar-refractivity contribution is 7.15. The van der Waals surface area contributed by atoms with Crippen LogP contribution in [0.2, 0.25) is 0 Å². The number of nitro benzene ring substituents is 1. The first-order valence-corrected chi connectivity index (χ1v) is 9.08. The number of rotatable bonds is 7. The molecule has 10 nitrogen and oxygen atoms in total. The molecule has 0 radical (unpaired) electrons. The molecule has 2 aromatic carbocycles. The third kappa shape index (κ3) is 5.74. The van der Waals surface area contributed by atoms with Gasteiger partial charge in [0.2, 0.25) is 11.0 Å². The molecule has 0 atom stereocenters. The Balaban J connectivity index is 1.49. The summed E-state index contributed by atoms with van der Waals surface area (Å²) in [6, 6.07) is 14.4. The lowest BCUT2D eigenvalue weighted by molar-refractivity contribution is -0.384. The molecule has 0 aliphatic rings. The van der Waals surface area contributed by atoms with Crippen molar-refractivity contribution in [3.05, 3.63) is 80.8 Å². The zero-order valence-electron chi connectivity index (χ0n) is 14.8. The Hall–Kier alpha value is -3.99. The zero-order valence-corrected chi connectivity index (χ0v) is 15.6. The molecule has 0 saturated carbocycles. The normalized spacial score (nSPS) is 10.6. The van der Waals surface area contributed by atoms with Crippen molar-refractivity contribution in [2.75, 3.05) is 5.32 Å². The Morgan fingerprint density at radius 3 is 2.52 bits per heavy atom. The summed E-state index contributed by atoms with van der Waals surface area (Å²) in [5, 5.41) is 25.5. The number of benzene rings is 2. The summed E-state index contributed by atoms with van der Waals surface area (Å²) in [6.45, 7) is 0. The number of non-ortho nitro benzene ring substituents is 1. The van der Waals surface area contributed by atoms with Gasteiger partial charge in [-0.25, -0.2) is 5.43 Å². The standard InChI is InChI=1S/C18H14N6O4S/c25-15(21-19-11-12-6-8-14(9-7-12)24(27)28)10-16-22-23-18(29-16)20-17(26)13-4-2-1-3-5-13/h1-9,11H,10H2,(H,21,25)(H,20,23,26). The number of hydrogen-bond donors (Lipinski definition) is 2. The van der Waals surface area contributed by atoms with Gasteiger partial charge in [0.25, 0.3) is 11.6 Å². The minimum absolute atomic E-state index is 0.0300. The smallest absolute Gasteiger partial charge is 0.269 e. The maximum absolute atomic E-state index is 12.1. The molecule has 0 aliphatic carbocycles. The summed E-state index contributed by atoms with van der Waals surface area (Å²) in [7, 11) is 0. The molecule has 3 aromatic rings. The number of hydrazone groups is 1. The van der Waals surface area contributed by atoms with Crippen LogP contribution in [-0.2, 0) is 11.2 Å². The number of anilines is 1. The van der Waals surface area contributed by atoms with Crippen LogP contribution in [0.1, 0.15) is 20.9 Å². The molecule has 0 bridgehead atoms. The Kier molecular flexibility index (Phi) is 6.32. The molecule has 0 fully saturated rings. The van der Waals surface area contributed by atoms with E-state index < -0.39 is 10.8 Å². The number of hydrogen-bond acceptors (Lipinski definition) is 8. The number of nitrogens with zero attached hydrogens (tertiary/aromatic N) is 4. The third-order valence-electron chi connectivity index (χ3n) is 3.54. The highest BCUT2D eigenvalue weighted by atomic mass is 32.1. The van der Waals surface area contributed by atoms with Gasteiger partial charge in [-0.15, -0.1) is 10.2 Å². The molecule has 2 N–H and O–H groups in total. The van der Waals surface area contributed by atoms with E-state index in [1.54, 1.807) is 24.3 Å². The predicted octanol–water partition coefficient (Wildman–Crippen LogP) is 2.39. The molecule has 3 rings (SSSR count). The van der Waals surface area contributed by atoms with E-state index in [0.29, 0.717) is 16.1 Å². The van der Waals surface area contributed by atoms with Gasteiger partial charge >= 0.3 is 0 Å². The fourth-order valence-electron chi connectivity index (χ4n) is 2.17. The average Bonchev–Trinajstić information content (AvgIpc) is 3.15. The number of carbonyl (C=O) groups excluding carboxylic acids is 2. The predicted molar refractivity (Wildman–Crippen MR) is 107 cm³/mol. The quantitative estimate of drug-likeness (QED) is 0.348. The summed E-state index contributed by atoms with van der Waals surface area (Å²) in [6.07, 6.45) is 1.31. The summed E-state index contributed by atoms with van der Waals surface area (Å²) in [5.74, 6) is -0.731. The van der Waals surface area contributed by atoms with Crippen LogP contribution in [0, 0.1) is 10.1 Å². The minimum Gasteiger partial charge on any atom is -0.296 e. The highest BCUT2D eigenvalue weighted by Crippen LogP contribution is 2.16. The second kappa shape index (κ2) is 9.28. The Labute approximate surface area is 168 Å². The summed E-state index contributed by atoms with van der Waals surface area (Å²) in [4.78, 5) is 34.1. The van der Waals surface area contributed by atoms with Crippen LogP contribution in [0.15, 0.2) is 59.7 Å². The second-order valence-electron chi connectivity index (χ2n) is 5.64. The average molecular weight is 410 g/mol. The monoisotopic (exact) mass is 410 g/mol. The molecule has 146 valence electrons. The van der Waals surface area contributed by atoms with Gasteiger partial charge in [-0.1, -0.05) is 29.5 Å². The maximum atomic E-state index is 12.1. The molecular formula is C18H14N6O4S. The van der Waals surface area contributed by atoms with E-state index in [0.717, 1.165) is 11.3 Å². The van der Waals surface area contributed by atoms with Crippen LogP contribution in [0.5, 0.6) is 0 Å². The SMILES string of the molecule is O=C(Cc1nnc(NC(=O)c2ccccc2)s1)NN=Cc1ccc([N+](=O)[O-])cc1. The van der Waals surface area contributed by atoms with Crippen LogP contribution in [0.3, 0.4) is 0 Å². The van der Waals surface area contributed by atoms with Crippen molar-refractivity contribution >= 4 is 40.2 Å². The number of nitrogens with one attached hydrogen (secondary N) is 2. The van der Waals surface area contributed by atoms with Gasteiger partial charge in [-0.05, 0) is 29.8 Å². The van der Waals surface area contributed by atoms with Gasteiger partial charge in [-0.3, -0.25) is 25.0 Å². The van der Waals surface area contributed by atoms with E-state index in [1.165, 1.54) is 30.5 Å². The molecule has 0 aliphatic heterocycles. The molecule has 2 amide bonds. The lowest BCUT2D eigenvalue weighted by atomic mass is 10.2. The van der Waals surface area contributed by atoms with Gasteiger partial charge in [0.1, 0.15) is 5.01 Å². The first kappa shape index (κ1) is 19.8. The van der Waals surface area contributed by atoms with Crippen LogP contribution >= 0.6 is 11.3 Å². The minimum atomic E-state index is -0.499. The van der Waals surface area contributed by atoms with E-state index in [9.17, 15) is 19.7 Å². The Morgan fingerprint density at radius 2 is 1.83 bits per heavy atom. The van der Waals surface area contributed by atoms with Crippen molar-refractivity contribution < 1.29 is 14.5 Å². The number of carbonyl (C=O) groups is 2. The molecule has 1 heterocycles. The van der Waals surface area contributed by atoms with E-state index in [1.807, 2.05) is 6.07 Å². The Bertz CT molecular complexity index is 1050. The number of nitro groups is 1. The van der Waals surface area contributed by atoms with Crippen LogP contribution in [0.4, 0.5) is 10.8 Å². The highest BCUT2D eigenvalue weighted by Gasteiger charge is 2.12. The largest absolute Gasteiger partial charge is 0.296 e. The summed E-state index contributed by atoms with van der Waals surface area (Å²) in [5.41, 5.74) is 3.39. The number of aromatic nitrogens is 2. The van der Waals surface area contributed by atoms with E-state index in [4.69, 9.17) is 0 Å². The Morgan fingerprint density at radius 1 is 1.10 bits per heavy atom. The van der Waals surface area contributed by atoms with Gasteiger partial charge in [-0.2, -0.15) is 5.10 Å². The van der Waals surface area contributed by atoms with Crippen molar-refractivity contribution in [2.24, 2.45) is 5.10 Å². The van der Waals surface area contributed by atoms with E-state index in [2.05, 4.69) is 26.0 Å². The van der Waals surface area contributed by atoms with E-state index >= 15 is 0 Å². The molecule has 1 aromatic heterocycles. The first-order chi connectivity index (χ1) is 14.0.